The van der Waals surface area contributed by atoms with Crippen molar-refractivity contribution in [2.45, 2.75) is 52.7 Å². The molecule has 0 aliphatic rings. The van der Waals surface area contributed by atoms with Crippen LogP contribution in [-0.4, -0.2) is 28.4 Å². The topological polar surface area (TPSA) is 68.7 Å². The van der Waals surface area contributed by atoms with Crippen LogP contribution in [0.15, 0.2) is 35.8 Å². The maximum atomic E-state index is 12.6. The number of nitrogens with zero attached hydrogens (tertiary/aromatic N) is 2. The number of imide groups is 1. The summed E-state index contributed by atoms with van der Waals surface area (Å²) in [7, 11) is 0. The number of hydrogen-bond donors (Lipinski definition) is 0. The number of hydrogen-bond acceptors (Lipinski definition) is 6. The molecule has 0 spiro atoms. The summed E-state index contributed by atoms with van der Waals surface area (Å²) in [6.45, 7) is 10.4. The lowest BCUT2D eigenvalue weighted by molar-refractivity contribution is 0.0431. The van der Waals surface area contributed by atoms with Crippen LogP contribution in [0.5, 0.6) is 0 Å². The number of ether oxygens (including phenoxy) is 2. The minimum absolute atomic E-state index is 0.369. The lowest BCUT2D eigenvalue weighted by Crippen LogP contribution is -2.43. The Morgan fingerprint density at radius 1 is 0.923 bits per heavy atom. The highest BCUT2D eigenvalue weighted by atomic mass is 32.1. The lowest BCUT2D eigenvalue weighted by atomic mass is 10.2. The minimum Gasteiger partial charge on any atom is -0.443 e. The van der Waals surface area contributed by atoms with Crippen molar-refractivity contribution in [2.24, 2.45) is 0 Å². The molecule has 2 rings (SSSR count). The van der Waals surface area contributed by atoms with E-state index in [1.807, 2.05) is 5.38 Å². The van der Waals surface area contributed by atoms with Crippen molar-refractivity contribution in [1.82, 2.24) is 4.98 Å². The van der Waals surface area contributed by atoms with Gasteiger partial charge in [0.15, 0.2) is 0 Å². The van der Waals surface area contributed by atoms with Gasteiger partial charge in [-0.1, -0.05) is 0 Å². The largest absolute Gasteiger partial charge is 0.443 e. The van der Waals surface area contributed by atoms with Crippen molar-refractivity contribution in [3.63, 3.8) is 0 Å². The fourth-order valence-electron chi connectivity index (χ4n) is 2.02. The van der Waals surface area contributed by atoms with Crippen LogP contribution in [0.3, 0.4) is 0 Å². The molecule has 0 fully saturated rings. The molecular weight excluding hydrogens is 352 g/mol. The molecule has 26 heavy (non-hydrogen) atoms. The predicted octanol–water partition coefficient (Wildman–Crippen LogP) is 5.49. The second-order valence-corrected chi connectivity index (χ2v) is 8.57. The van der Waals surface area contributed by atoms with E-state index in [4.69, 9.17) is 9.47 Å². The summed E-state index contributed by atoms with van der Waals surface area (Å²) >= 11 is 1.51. The molecule has 0 radical (unpaired) electrons. The molecule has 2 amide bonds. The number of carbonyl (C=O) groups excluding carboxylic acids is 2. The Labute approximate surface area is 157 Å². The molecule has 140 valence electrons. The number of rotatable bonds is 2. The zero-order chi connectivity index (χ0) is 19.5. The van der Waals surface area contributed by atoms with Gasteiger partial charge in [0, 0.05) is 17.1 Å². The first-order chi connectivity index (χ1) is 12.0. The maximum absolute atomic E-state index is 12.6. The second-order valence-electron chi connectivity index (χ2n) is 7.68. The number of benzene rings is 1. The van der Waals surface area contributed by atoms with Gasteiger partial charge in [-0.15, -0.1) is 11.3 Å². The van der Waals surface area contributed by atoms with E-state index >= 15 is 0 Å². The van der Waals surface area contributed by atoms with Gasteiger partial charge < -0.3 is 9.47 Å². The van der Waals surface area contributed by atoms with E-state index in [0.717, 1.165) is 15.5 Å². The van der Waals surface area contributed by atoms with E-state index in [-0.39, 0.29) is 0 Å². The van der Waals surface area contributed by atoms with E-state index in [2.05, 4.69) is 4.98 Å². The van der Waals surface area contributed by atoms with Crippen molar-refractivity contribution in [1.29, 1.82) is 0 Å². The monoisotopic (exact) mass is 376 g/mol. The van der Waals surface area contributed by atoms with E-state index in [1.165, 1.54) is 11.3 Å². The summed E-state index contributed by atoms with van der Waals surface area (Å²) in [5, 5.41) is 2.74. The van der Waals surface area contributed by atoms with Crippen LogP contribution in [-0.2, 0) is 9.47 Å². The summed E-state index contributed by atoms with van der Waals surface area (Å²) in [5.41, 5.74) is -0.207. The van der Waals surface area contributed by atoms with Gasteiger partial charge in [0.2, 0.25) is 0 Å². The minimum atomic E-state index is -0.784. The molecule has 0 saturated carbocycles. The summed E-state index contributed by atoms with van der Waals surface area (Å²) in [6.07, 6.45) is 0.157. The van der Waals surface area contributed by atoms with Crippen molar-refractivity contribution in [3.8, 4) is 10.6 Å². The summed E-state index contributed by atoms with van der Waals surface area (Å²) in [5.74, 6) is 0. The van der Waals surface area contributed by atoms with Crippen LogP contribution in [0.4, 0.5) is 15.3 Å². The number of aromatic nitrogens is 1. The summed E-state index contributed by atoms with van der Waals surface area (Å²) in [4.78, 5) is 30.3. The van der Waals surface area contributed by atoms with E-state index in [9.17, 15) is 9.59 Å². The normalized spacial score (nSPS) is 11.8. The molecule has 2 aromatic rings. The van der Waals surface area contributed by atoms with Crippen molar-refractivity contribution in [2.75, 3.05) is 4.90 Å². The molecule has 0 bridgehead atoms. The maximum Gasteiger partial charge on any atom is 0.424 e. The molecule has 0 aliphatic heterocycles. The van der Waals surface area contributed by atoms with Gasteiger partial charge in [-0.05, 0) is 65.8 Å². The lowest BCUT2D eigenvalue weighted by Gasteiger charge is -2.28. The van der Waals surface area contributed by atoms with Gasteiger partial charge in [0.1, 0.15) is 16.2 Å². The standard InChI is InChI=1S/C19H24N2O4S/c1-18(2,3)24-16(22)21(17(23)25-19(4,5)6)14-9-7-13(8-10-14)15-20-11-12-26-15/h7-12H,1-6H3. The average molecular weight is 376 g/mol. The number of anilines is 1. The molecule has 0 saturated heterocycles. The smallest absolute Gasteiger partial charge is 0.424 e. The van der Waals surface area contributed by atoms with E-state index in [0.29, 0.717) is 5.69 Å². The quantitative estimate of drug-likeness (QED) is 0.693. The van der Waals surface area contributed by atoms with E-state index < -0.39 is 23.4 Å². The van der Waals surface area contributed by atoms with Crippen LogP contribution in [0, 0.1) is 0 Å². The molecule has 1 aromatic heterocycles. The first-order valence-electron chi connectivity index (χ1n) is 8.22. The first-order valence-corrected chi connectivity index (χ1v) is 9.10. The highest BCUT2D eigenvalue weighted by Crippen LogP contribution is 2.27. The van der Waals surface area contributed by atoms with Crippen molar-refractivity contribution >= 4 is 29.2 Å². The Bertz CT molecular complexity index is 728. The van der Waals surface area contributed by atoms with Gasteiger partial charge in [0.05, 0.1) is 5.69 Å². The molecule has 6 nitrogen and oxygen atoms in total. The predicted molar refractivity (Wildman–Crippen MR) is 102 cm³/mol. The van der Waals surface area contributed by atoms with Crippen LogP contribution in [0.2, 0.25) is 0 Å². The fraction of sp³-hybridized carbons (Fsp3) is 0.421. The molecule has 0 unspecified atom stereocenters. The van der Waals surface area contributed by atoms with Crippen LogP contribution >= 0.6 is 11.3 Å². The highest BCUT2D eigenvalue weighted by molar-refractivity contribution is 7.13. The number of amides is 2. The Kier molecular flexibility index (Phi) is 5.71. The third-order valence-electron chi connectivity index (χ3n) is 2.96. The van der Waals surface area contributed by atoms with Crippen molar-refractivity contribution in [3.05, 3.63) is 35.8 Å². The SMILES string of the molecule is CC(C)(C)OC(=O)N(C(=O)OC(C)(C)C)c1ccc(-c2nccs2)cc1. The van der Waals surface area contributed by atoms with Gasteiger partial charge >= 0.3 is 12.2 Å². The Morgan fingerprint density at radius 3 is 1.81 bits per heavy atom. The molecule has 1 heterocycles. The summed E-state index contributed by atoms with van der Waals surface area (Å²) in [6, 6.07) is 6.95. The molecular formula is C19H24N2O4S. The van der Waals surface area contributed by atoms with Crippen molar-refractivity contribution < 1.29 is 19.1 Å². The highest BCUT2D eigenvalue weighted by Gasteiger charge is 2.32. The first kappa shape index (κ1) is 19.9. The number of carbonyl (C=O) groups is 2. The van der Waals surface area contributed by atoms with Crippen LogP contribution < -0.4 is 4.90 Å². The second kappa shape index (κ2) is 7.45. The molecule has 7 heteroatoms. The summed E-state index contributed by atoms with van der Waals surface area (Å²) < 4.78 is 10.7. The third-order valence-corrected chi connectivity index (χ3v) is 3.78. The number of thiazole rings is 1. The van der Waals surface area contributed by atoms with E-state index in [1.54, 1.807) is 72.0 Å². The van der Waals surface area contributed by atoms with Gasteiger partial charge in [0.25, 0.3) is 0 Å². The van der Waals surface area contributed by atoms with Crippen LogP contribution in [0.1, 0.15) is 41.5 Å². The average Bonchev–Trinajstić information content (AvgIpc) is 2.98. The Balaban J connectivity index is 2.33. The Morgan fingerprint density at radius 2 is 1.42 bits per heavy atom. The van der Waals surface area contributed by atoms with Crippen LogP contribution in [0.25, 0.3) is 10.6 Å². The van der Waals surface area contributed by atoms with Gasteiger partial charge in [-0.3, -0.25) is 0 Å². The molecule has 0 N–H and O–H groups in total. The zero-order valence-electron chi connectivity index (χ0n) is 15.9. The Hall–Kier alpha value is -2.41. The van der Waals surface area contributed by atoms with Gasteiger partial charge in [-0.2, -0.15) is 4.90 Å². The molecule has 0 atom stereocenters. The molecule has 0 aliphatic carbocycles. The zero-order valence-corrected chi connectivity index (χ0v) is 16.7. The fourth-order valence-corrected chi connectivity index (χ4v) is 2.66. The van der Waals surface area contributed by atoms with Gasteiger partial charge in [-0.25, -0.2) is 14.6 Å². The molecule has 1 aromatic carbocycles. The third kappa shape index (κ3) is 5.56.